The third-order valence-corrected chi connectivity index (χ3v) is 2.80. The van der Waals surface area contributed by atoms with Gasteiger partial charge in [-0.05, 0) is 12.2 Å². The van der Waals surface area contributed by atoms with Crippen LogP contribution >= 0.6 is 11.8 Å². The average molecular weight is 189 g/mol. The van der Waals surface area contributed by atoms with Crippen molar-refractivity contribution >= 4 is 11.8 Å². The number of rotatable bonds is 9. The minimum absolute atomic E-state index is 0.787. The molecule has 0 heterocycles. The molecule has 0 unspecified atom stereocenters. The van der Waals surface area contributed by atoms with Crippen LogP contribution in [0.5, 0.6) is 0 Å². The molecule has 0 spiro atoms. The molecule has 0 atom stereocenters. The maximum Gasteiger partial charge on any atom is 0.0897 e. The lowest BCUT2D eigenvalue weighted by Crippen LogP contribution is -1.85. The van der Waals surface area contributed by atoms with E-state index in [9.17, 15) is 0 Å². The maximum atomic E-state index is 8.39. The van der Waals surface area contributed by atoms with Gasteiger partial charge in [-0.1, -0.05) is 39.0 Å². The highest BCUT2D eigenvalue weighted by Gasteiger charge is 1.90. The second-order valence-electron chi connectivity index (χ2n) is 3.03. The summed E-state index contributed by atoms with van der Waals surface area (Å²) in [6, 6.07) is 0. The van der Waals surface area contributed by atoms with Crippen LogP contribution in [-0.4, -0.2) is 16.6 Å². The minimum Gasteiger partial charge on any atom is -0.390 e. The monoisotopic (exact) mass is 189 g/mol. The first-order valence-electron chi connectivity index (χ1n) is 4.95. The van der Waals surface area contributed by atoms with Gasteiger partial charge >= 0.3 is 0 Å². The highest BCUT2D eigenvalue weighted by atomic mass is 32.2. The number of hydrogen-bond acceptors (Lipinski definition) is 2. The van der Waals surface area contributed by atoms with Gasteiger partial charge in [0.05, 0.1) is 6.61 Å². The van der Waals surface area contributed by atoms with E-state index in [0.29, 0.717) is 0 Å². The third kappa shape index (κ3) is 10.3. The molecule has 0 aliphatic heterocycles. The van der Waals surface area contributed by atoms with E-state index in [1.54, 1.807) is 0 Å². The molecule has 0 bridgehead atoms. The van der Waals surface area contributed by atoms with Crippen LogP contribution in [0.25, 0.3) is 0 Å². The van der Waals surface area contributed by atoms with E-state index in [1.807, 2.05) is 11.8 Å². The molecule has 0 aromatic carbocycles. The Bertz CT molecular complexity index is 66.2. The van der Waals surface area contributed by atoms with Gasteiger partial charge in [0.1, 0.15) is 0 Å². The summed E-state index contributed by atoms with van der Waals surface area (Å²) < 4.78 is 0. The normalized spacial score (nSPS) is 10.5. The van der Waals surface area contributed by atoms with Gasteiger partial charge in [0.25, 0.3) is 0 Å². The van der Waals surface area contributed by atoms with Gasteiger partial charge in [0, 0.05) is 5.75 Å². The summed E-state index contributed by atoms with van der Waals surface area (Å²) in [4.78, 5) is 0. The predicted octanol–water partition coefficient (Wildman–Crippen LogP) is 3.61. The maximum absolute atomic E-state index is 8.39. The molecule has 0 rings (SSSR count). The molecule has 1 nitrogen and oxygen atoms in total. The van der Waals surface area contributed by atoms with Crippen molar-refractivity contribution in [3.8, 4) is 0 Å². The highest BCUT2D eigenvalue weighted by Crippen LogP contribution is 2.09. The summed E-state index contributed by atoms with van der Waals surface area (Å²) in [5.74, 6) is 1.98. The Labute approximate surface area is 80.9 Å². The summed E-state index contributed by atoms with van der Waals surface area (Å²) in [6.45, 7) is 3.48. The Kier molecular flexibility index (Phi) is 11.6. The Hall–Kier alpha value is 0.310. The molecule has 0 aromatic rings. The molecule has 0 saturated carbocycles. The number of aliphatic hydroxyl groups excluding tert-OH is 1. The molecule has 0 aliphatic carbocycles. The van der Waals surface area contributed by atoms with Gasteiger partial charge in [-0.3, -0.25) is 0 Å². The van der Waals surface area contributed by atoms with Crippen molar-refractivity contribution in [2.75, 3.05) is 11.5 Å². The molecule has 0 aliphatic rings. The van der Waals surface area contributed by atoms with E-state index < -0.39 is 0 Å². The van der Waals surface area contributed by atoms with Crippen LogP contribution in [-0.2, 0) is 0 Å². The first kappa shape index (κ1) is 12.3. The molecular weight excluding hydrogens is 168 g/mol. The van der Waals surface area contributed by atoms with E-state index in [0.717, 1.165) is 5.75 Å². The standard InChI is InChI=1S/C10H21OS/c1-2-3-4-5-6-7-9-12-10-8-11/h8,11H,2-7,9-10H2,1H3. The summed E-state index contributed by atoms with van der Waals surface area (Å²) in [7, 11) is 0. The number of hydrogen-bond donors (Lipinski definition) is 1. The molecular formula is C10H21OS. The molecule has 0 saturated heterocycles. The largest absolute Gasteiger partial charge is 0.390 e. The van der Waals surface area contributed by atoms with Crippen LogP contribution in [0, 0.1) is 6.61 Å². The van der Waals surface area contributed by atoms with Crippen molar-refractivity contribution < 1.29 is 5.11 Å². The van der Waals surface area contributed by atoms with Crippen LogP contribution in [0.1, 0.15) is 45.4 Å². The fourth-order valence-corrected chi connectivity index (χ4v) is 1.80. The zero-order valence-corrected chi connectivity index (χ0v) is 8.91. The van der Waals surface area contributed by atoms with Gasteiger partial charge in [-0.2, -0.15) is 11.8 Å². The lowest BCUT2D eigenvalue weighted by molar-refractivity contribution is 0.405. The molecule has 1 N–H and O–H groups in total. The second kappa shape index (κ2) is 11.3. The van der Waals surface area contributed by atoms with Gasteiger partial charge < -0.3 is 5.11 Å². The summed E-state index contributed by atoms with van der Waals surface area (Å²) >= 11 is 1.81. The third-order valence-electron chi connectivity index (χ3n) is 1.83. The fourth-order valence-electron chi connectivity index (χ4n) is 1.12. The van der Waals surface area contributed by atoms with Gasteiger partial charge in [-0.25, -0.2) is 0 Å². The Morgan fingerprint density at radius 3 is 2.42 bits per heavy atom. The van der Waals surface area contributed by atoms with Gasteiger partial charge in [0.15, 0.2) is 0 Å². The van der Waals surface area contributed by atoms with Gasteiger partial charge in [0.2, 0.25) is 0 Å². The topological polar surface area (TPSA) is 20.2 Å². The van der Waals surface area contributed by atoms with E-state index in [4.69, 9.17) is 5.11 Å². The minimum atomic E-state index is 0.787. The van der Waals surface area contributed by atoms with Crippen LogP contribution in [0.2, 0.25) is 0 Å². The molecule has 0 fully saturated rings. The van der Waals surface area contributed by atoms with E-state index in [1.165, 1.54) is 50.9 Å². The lowest BCUT2D eigenvalue weighted by Gasteiger charge is -1.99. The number of thioether (sulfide) groups is 1. The van der Waals surface area contributed by atoms with Crippen LogP contribution in [0.4, 0.5) is 0 Å². The first-order chi connectivity index (χ1) is 5.91. The number of aliphatic hydroxyl groups is 1. The zero-order valence-electron chi connectivity index (χ0n) is 8.09. The average Bonchev–Trinajstić information content (AvgIpc) is 2.10. The van der Waals surface area contributed by atoms with Crippen molar-refractivity contribution in [1.82, 2.24) is 0 Å². The molecule has 0 aromatic heterocycles. The van der Waals surface area contributed by atoms with Crippen molar-refractivity contribution in [3.63, 3.8) is 0 Å². The van der Waals surface area contributed by atoms with E-state index in [2.05, 4.69) is 6.92 Å². The van der Waals surface area contributed by atoms with Gasteiger partial charge in [-0.15, -0.1) is 0 Å². The fraction of sp³-hybridized carbons (Fsp3) is 0.900. The van der Waals surface area contributed by atoms with Crippen LogP contribution < -0.4 is 0 Å². The smallest absolute Gasteiger partial charge is 0.0897 e. The van der Waals surface area contributed by atoms with Crippen LogP contribution in [0.3, 0.4) is 0 Å². The molecule has 73 valence electrons. The molecule has 2 heteroatoms. The van der Waals surface area contributed by atoms with Crippen molar-refractivity contribution in [1.29, 1.82) is 0 Å². The van der Waals surface area contributed by atoms with Crippen molar-refractivity contribution in [2.45, 2.75) is 45.4 Å². The quantitative estimate of drug-likeness (QED) is 0.559. The molecule has 1 radical (unpaired) electrons. The Morgan fingerprint density at radius 2 is 1.75 bits per heavy atom. The number of unbranched alkanes of at least 4 members (excludes halogenated alkanes) is 5. The van der Waals surface area contributed by atoms with Crippen molar-refractivity contribution in [3.05, 3.63) is 6.61 Å². The SMILES string of the molecule is CCCCCCCCSC[CH]O. The lowest BCUT2D eigenvalue weighted by atomic mass is 10.1. The highest BCUT2D eigenvalue weighted by molar-refractivity contribution is 7.99. The Morgan fingerprint density at radius 1 is 1.08 bits per heavy atom. The van der Waals surface area contributed by atoms with Crippen LogP contribution in [0.15, 0.2) is 0 Å². The molecule has 0 amide bonds. The zero-order chi connectivity index (χ0) is 9.07. The Balaban J connectivity index is 2.73. The molecule has 12 heavy (non-hydrogen) atoms. The summed E-state index contributed by atoms with van der Waals surface area (Å²) in [6.07, 6.45) is 8.16. The van der Waals surface area contributed by atoms with Crippen molar-refractivity contribution in [2.24, 2.45) is 0 Å². The van der Waals surface area contributed by atoms with E-state index in [-0.39, 0.29) is 0 Å². The predicted molar refractivity (Wildman–Crippen MR) is 56.9 cm³/mol. The second-order valence-corrected chi connectivity index (χ2v) is 4.18. The summed E-state index contributed by atoms with van der Waals surface area (Å²) in [5.41, 5.74) is 0. The summed E-state index contributed by atoms with van der Waals surface area (Å²) in [5, 5.41) is 8.39. The van der Waals surface area contributed by atoms with E-state index >= 15 is 0 Å². The first-order valence-corrected chi connectivity index (χ1v) is 6.11.